The monoisotopic (exact) mass is 422 g/mol. The van der Waals surface area contributed by atoms with Gasteiger partial charge in [0.05, 0.1) is 23.1 Å². The standard InChI is InChI=1S/C21H12F6N2O/c22-14-6-7-15(23)19(24)13(14)9-29-16-3-1-2-12(20(28)30)18(16)11-5-4-10(8-17(11)29)21(25,26)27/h1-8H,9H2,(H2,28,30). The average molecular weight is 422 g/mol. The number of carbonyl (C=O) groups is 1. The van der Waals surface area contributed by atoms with Crippen LogP contribution in [-0.4, -0.2) is 10.5 Å². The summed E-state index contributed by atoms with van der Waals surface area (Å²) in [6.45, 7) is -0.598. The van der Waals surface area contributed by atoms with E-state index < -0.39 is 47.2 Å². The molecular weight excluding hydrogens is 410 g/mol. The van der Waals surface area contributed by atoms with Crippen LogP contribution in [0, 0.1) is 17.5 Å². The Labute approximate surface area is 165 Å². The Hall–Kier alpha value is -3.49. The van der Waals surface area contributed by atoms with Crippen LogP contribution in [0.2, 0.25) is 0 Å². The lowest BCUT2D eigenvalue weighted by Gasteiger charge is -2.12. The third-order valence-electron chi connectivity index (χ3n) is 4.94. The first-order valence-electron chi connectivity index (χ1n) is 8.64. The molecule has 9 heteroatoms. The molecule has 0 aliphatic rings. The van der Waals surface area contributed by atoms with Crippen molar-refractivity contribution in [2.75, 3.05) is 0 Å². The molecule has 3 aromatic carbocycles. The normalized spacial score (nSPS) is 12.1. The minimum Gasteiger partial charge on any atom is -0.366 e. The van der Waals surface area contributed by atoms with E-state index in [2.05, 4.69) is 0 Å². The molecule has 4 aromatic rings. The molecule has 4 rings (SSSR count). The molecule has 0 fully saturated rings. The molecule has 1 aromatic heterocycles. The van der Waals surface area contributed by atoms with Crippen LogP contribution < -0.4 is 5.73 Å². The maximum atomic E-state index is 14.2. The van der Waals surface area contributed by atoms with E-state index in [9.17, 15) is 31.1 Å². The van der Waals surface area contributed by atoms with Crippen LogP contribution in [0.4, 0.5) is 26.3 Å². The Bertz CT molecular complexity index is 1320. The fourth-order valence-electron chi connectivity index (χ4n) is 3.57. The maximum absolute atomic E-state index is 14.2. The highest BCUT2D eigenvalue weighted by Crippen LogP contribution is 2.37. The predicted octanol–water partition coefficient (Wildman–Crippen LogP) is 5.38. The average Bonchev–Trinajstić information content (AvgIpc) is 3.00. The lowest BCUT2D eigenvalue weighted by atomic mass is 10.0. The van der Waals surface area contributed by atoms with Crippen molar-refractivity contribution in [1.82, 2.24) is 4.57 Å². The van der Waals surface area contributed by atoms with Gasteiger partial charge in [0.15, 0.2) is 11.6 Å². The van der Waals surface area contributed by atoms with Gasteiger partial charge in [-0.3, -0.25) is 4.79 Å². The van der Waals surface area contributed by atoms with Crippen LogP contribution in [0.3, 0.4) is 0 Å². The highest BCUT2D eigenvalue weighted by molar-refractivity contribution is 6.18. The molecular formula is C21H12F6N2O. The number of benzene rings is 3. The van der Waals surface area contributed by atoms with E-state index in [0.29, 0.717) is 6.07 Å². The van der Waals surface area contributed by atoms with E-state index in [-0.39, 0.29) is 27.4 Å². The summed E-state index contributed by atoms with van der Waals surface area (Å²) in [6.07, 6.45) is -4.67. The molecule has 0 saturated carbocycles. The molecule has 0 spiro atoms. The SMILES string of the molecule is NC(=O)c1cccc2c1c1ccc(C(F)(F)F)cc1n2Cc1c(F)ccc(F)c1F. The van der Waals surface area contributed by atoms with E-state index in [1.807, 2.05) is 0 Å². The van der Waals surface area contributed by atoms with Crippen LogP contribution in [-0.2, 0) is 12.7 Å². The van der Waals surface area contributed by atoms with Crippen LogP contribution >= 0.6 is 0 Å². The van der Waals surface area contributed by atoms with Gasteiger partial charge in [-0.05, 0) is 36.4 Å². The molecule has 0 unspecified atom stereocenters. The van der Waals surface area contributed by atoms with Gasteiger partial charge in [0, 0.05) is 21.9 Å². The van der Waals surface area contributed by atoms with Gasteiger partial charge in [-0.25, -0.2) is 13.2 Å². The van der Waals surface area contributed by atoms with Gasteiger partial charge in [-0.15, -0.1) is 0 Å². The first-order valence-corrected chi connectivity index (χ1v) is 8.64. The molecule has 1 heterocycles. The van der Waals surface area contributed by atoms with Crippen molar-refractivity contribution >= 4 is 27.7 Å². The van der Waals surface area contributed by atoms with Crippen molar-refractivity contribution in [3.05, 3.63) is 82.7 Å². The number of hydrogen-bond acceptors (Lipinski definition) is 1. The number of nitrogens with two attached hydrogens (primary N) is 1. The second kappa shape index (κ2) is 6.79. The second-order valence-electron chi connectivity index (χ2n) is 6.70. The molecule has 0 aliphatic carbocycles. The van der Waals surface area contributed by atoms with Crippen molar-refractivity contribution in [2.45, 2.75) is 12.7 Å². The smallest absolute Gasteiger partial charge is 0.366 e. The molecule has 30 heavy (non-hydrogen) atoms. The van der Waals surface area contributed by atoms with Gasteiger partial charge >= 0.3 is 6.18 Å². The minimum absolute atomic E-state index is 0.0309. The molecule has 3 nitrogen and oxygen atoms in total. The van der Waals surface area contributed by atoms with E-state index in [0.717, 1.165) is 18.2 Å². The molecule has 2 N–H and O–H groups in total. The summed E-state index contributed by atoms with van der Waals surface area (Å²) in [7, 11) is 0. The number of primary amides is 1. The minimum atomic E-state index is -4.67. The van der Waals surface area contributed by atoms with Crippen molar-refractivity contribution in [2.24, 2.45) is 5.73 Å². The molecule has 0 bridgehead atoms. The van der Waals surface area contributed by atoms with Crippen LogP contribution in [0.1, 0.15) is 21.5 Å². The summed E-state index contributed by atoms with van der Waals surface area (Å²) in [5, 5.41) is 0.482. The number of alkyl halides is 3. The number of carbonyl (C=O) groups excluding carboxylic acids is 1. The van der Waals surface area contributed by atoms with Crippen molar-refractivity contribution in [3.8, 4) is 0 Å². The maximum Gasteiger partial charge on any atom is 0.416 e. The Kier molecular flexibility index (Phi) is 4.48. The molecule has 0 aliphatic heterocycles. The largest absolute Gasteiger partial charge is 0.416 e. The number of rotatable bonds is 3. The molecule has 0 saturated heterocycles. The predicted molar refractivity (Wildman–Crippen MR) is 98.4 cm³/mol. The van der Waals surface area contributed by atoms with Crippen molar-refractivity contribution in [1.29, 1.82) is 0 Å². The number of fused-ring (bicyclic) bond motifs is 3. The van der Waals surface area contributed by atoms with Gasteiger partial charge in [0.25, 0.3) is 0 Å². The third kappa shape index (κ3) is 3.06. The Morgan fingerprint density at radius 1 is 0.933 bits per heavy atom. The fourth-order valence-corrected chi connectivity index (χ4v) is 3.57. The number of aromatic nitrogens is 1. The number of halogens is 6. The molecule has 0 atom stereocenters. The first-order chi connectivity index (χ1) is 14.1. The zero-order valence-corrected chi connectivity index (χ0v) is 15.0. The second-order valence-corrected chi connectivity index (χ2v) is 6.70. The fraction of sp³-hybridized carbons (Fsp3) is 0.0952. The van der Waals surface area contributed by atoms with Crippen molar-refractivity contribution in [3.63, 3.8) is 0 Å². The van der Waals surface area contributed by atoms with E-state index in [1.54, 1.807) is 0 Å². The Morgan fingerprint density at radius 3 is 2.30 bits per heavy atom. The van der Waals surface area contributed by atoms with Gasteiger partial charge in [0.1, 0.15) is 5.82 Å². The van der Waals surface area contributed by atoms with Gasteiger partial charge in [-0.2, -0.15) is 13.2 Å². The van der Waals surface area contributed by atoms with Gasteiger partial charge < -0.3 is 10.3 Å². The van der Waals surface area contributed by atoms with Crippen molar-refractivity contribution < 1.29 is 31.1 Å². The lowest BCUT2D eigenvalue weighted by Crippen LogP contribution is -2.11. The van der Waals surface area contributed by atoms with Gasteiger partial charge in [-0.1, -0.05) is 12.1 Å². The van der Waals surface area contributed by atoms with Crippen LogP contribution in [0.25, 0.3) is 21.8 Å². The zero-order valence-electron chi connectivity index (χ0n) is 15.0. The quantitative estimate of drug-likeness (QED) is 0.350. The third-order valence-corrected chi connectivity index (χ3v) is 4.94. The molecule has 1 amide bonds. The van der Waals surface area contributed by atoms with Gasteiger partial charge in [0.2, 0.25) is 5.91 Å². The van der Waals surface area contributed by atoms with E-state index in [1.165, 1.54) is 28.8 Å². The highest BCUT2D eigenvalue weighted by atomic mass is 19.4. The van der Waals surface area contributed by atoms with Crippen LogP contribution in [0.15, 0.2) is 48.5 Å². The summed E-state index contributed by atoms with van der Waals surface area (Å²) < 4.78 is 83.1. The Morgan fingerprint density at radius 2 is 1.63 bits per heavy atom. The Balaban J connectivity index is 2.10. The topological polar surface area (TPSA) is 48.0 Å². The van der Waals surface area contributed by atoms with Crippen LogP contribution in [0.5, 0.6) is 0 Å². The number of hydrogen-bond donors (Lipinski definition) is 1. The lowest BCUT2D eigenvalue weighted by molar-refractivity contribution is -0.137. The molecule has 0 radical (unpaired) electrons. The summed E-state index contributed by atoms with van der Waals surface area (Å²) in [4.78, 5) is 11.9. The number of nitrogens with zero attached hydrogens (tertiary/aromatic N) is 1. The molecule has 154 valence electrons. The highest BCUT2D eigenvalue weighted by Gasteiger charge is 2.31. The first kappa shape index (κ1) is 19.8. The summed E-state index contributed by atoms with van der Waals surface area (Å²) in [5.41, 5.74) is 3.99. The summed E-state index contributed by atoms with van der Waals surface area (Å²) in [6, 6.07) is 8.50. The number of amides is 1. The van der Waals surface area contributed by atoms with E-state index in [4.69, 9.17) is 5.73 Å². The zero-order chi connectivity index (χ0) is 21.8. The summed E-state index contributed by atoms with van der Waals surface area (Å²) >= 11 is 0. The van der Waals surface area contributed by atoms with E-state index >= 15 is 0 Å². The summed E-state index contributed by atoms with van der Waals surface area (Å²) in [5.74, 6) is -4.60.